The van der Waals surface area contributed by atoms with Crippen LogP contribution in [0.2, 0.25) is 5.02 Å². The number of imide groups is 1. The summed E-state index contributed by atoms with van der Waals surface area (Å²) in [6, 6.07) is 26.2. The number of fused-ring (bicyclic) bond motifs is 1. The van der Waals surface area contributed by atoms with E-state index in [1.54, 1.807) is 91.1 Å². The minimum atomic E-state index is -0.403. The molecule has 1 aliphatic heterocycles. The van der Waals surface area contributed by atoms with Crippen LogP contribution in [0.1, 0.15) is 37.5 Å². The Hall–Kier alpha value is -4.55. The molecule has 36 heavy (non-hydrogen) atoms. The first kappa shape index (κ1) is 23.2. The van der Waals surface area contributed by atoms with Crippen molar-refractivity contribution in [2.24, 2.45) is 0 Å². The molecule has 0 unspecified atom stereocenters. The minimum Gasteiger partial charge on any atom is -0.322 e. The topological polar surface area (TPSA) is 79.4 Å². The van der Waals surface area contributed by atoms with Crippen molar-refractivity contribution in [2.45, 2.75) is 6.54 Å². The van der Waals surface area contributed by atoms with E-state index in [4.69, 9.17) is 11.6 Å². The first-order valence-corrected chi connectivity index (χ1v) is 11.6. The molecule has 7 heteroatoms. The van der Waals surface area contributed by atoms with Gasteiger partial charge in [-0.2, -0.15) is 0 Å². The molecule has 0 bridgehead atoms. The molecular formula is C29H20ClN3O3. The molecule has 2 heterocycles. The number of amides is 3. The Kier molecular flexibility index (Phi) is 6.43. The summed E-state index contributed by atoms with van der Waals surface area (Å²) in [5.74, 6) is -1.04. The van der Waals surface area contributed by atoms with E-state index in [0.717, 1.165) is 0 Å². The zero-order valence-corrected chi connectivity index (χ0v) is 19.8. The summed E-state index contributed by atoms with van der Waals surface area (Å²) in [6.07, 6.45) is 3.36. The van der Waals surface area contributed by atoms with Gasteiger partial charge in [-0.15, -0.1) is 0 Å². The molecule has 0 atom stereocenters. The summed E-state index contributed by atoms with van der Waals surface area (Å²) in [6.45, 7) is 0.0708. The van der Waals surface area contributed by atoms with Crippen LogP contribution in [0.5, 0.6) is 0 Å². The van der Waals surface area contributed by atoms with Crippen LogP contribution in [-0.4, -0.2) is 27.6 Å². The Balaban J connectivity index is 1.47. The number of carbonyl (C=O) groups excluding carboxylic acids is 3. The van der Waals surface area contributed by atoms with Gasteiger partial charge in [0.25, 0.3) is 17.7 Å². The number of nitrogens with zero attached hydrogens (tertiary/aromatic N) is 2. The molecular weight excluding hydrogens is 474 g/mol. The lowest BCUT2D eigenvalue weighted by molar-refractivity contribution is -0.123. The number of rotatable bonds is 5. The fraction of sp³-hybridized carbons (Fsp3) is 0.0345. The summed E-state index contributed by atoms with van der Waals surface area (Å²) < 4.78 is 0. The second-order valence-electron chi connectivity index (χ2n) is 8.21. The zero-order chi connectivity index (χ0) is 25.1. The molecule has 0 radical (unpaired) electrons. The lowest BCUT2D eigenvalue weighted by atomic mass is 9.92. The summed E-state index contributed by atoms with van der Waals surface area (Å²) in [5.41, 5.74) is 3.78. The Morgan fingerprint density at radius 1 is 0.861 bits per heavy atom. The Labute approximate surface area is 212 Å². The second kappa shape index (κ2) is 9.98. The van der Waals surface area contributed by atoms with Gasteiger partial charge >= 0.3 is 0 Å². The quantitative estimate of drug-likeness (QED) is 0.285. The van der Waals surface area contributed by atoms with Crippen molar-refractivity contribution in [2.75, 3.05) is 5.32 Å². The molecule has 3 aromatic carbocycles. The molecule has 6 nitrogen and oxygen atoms in total. The maximum absolute atomic E-state index is 13.5. The average molecular weight is 494 g/mol. The van der Waals surface area contributed by atoms with Crippen molar-refractivity contribution in [3.63, 3.8) is 0 Å². The van der Waals surface area contributed by atoms with Crippen molar-refractivity contribution in [3.8, 4) is 0 Å². The fourth-order valence-corrected chi connectivity index (χ4v) is 4.14. The number of pyridine rings is 1. The van der Waals surface area contributed by atoms with Crippen LogP contribution >= 0.6 is 11.6 Å². The fourth-order valence-electron chi connectivity index (χ4n) is 4.02. The normalized spacial score (nSPS) is 14.0. The lowest BCUT2D eigenvalue weighted by Crippen LogP contribution is -2.41. The van der Waals surface area contributed by atoms with Crippen LogP contribution in [0.3, 0.4) is 0 Å². The highest BCUT2D eigenvalue weighted by atomic mass is 35.5. The maximum Gasteiger partial charge on any atom is 0.261 e. The molecule has 1 aromatic heterocycles. The number of aromatic nitrogens is 1. The Bertz CT molecular complexity index is 1500. The third kappa shape index (κ3) is 4.80. The van der Waals surface area contributed by atoms with Crippen LogP contribution in [0.4, 0.5) is 5.69 Å². The van der Waals surface area contributed by atoms with E-state index >= 15 is 0 Å². The van der Waals surface area contributed by atoms with Gasteiger partial charge in [-0.05, 0) is 71.8 Å². The van der Waals surface area contributed by atoms with Crippen LogP contribution in [-0.2, 0) is 11.3 Å². The SMILES string of the molecule is O=C(Nc1cccc(C=C2C(=O)N(Cc3ccccn3)C(=O)c3ccccc32)c1)c1ccc(Cl)cc1. The number of nitrogens with one attached hydrogen (secondary N) is 1. The van der Waals surface area contributed by atoms with Gasteiger partial charge in [-0.1, -0.05) is 48.0 Å². The first-order valence-electron chi connectivity index (χ1n) is 11.2. The third-order valence-corrected chi connectivity index (χ3v) is 6.03. The van der Waals surface area contributed by atoms with Crippen molar-refractivity contribution in [3.05, 3.63) is 130 Å². The predicted octanol–water partition coefficient (Wildman–Crippen LogP) is 5.71. The van der Waals surface area contributed by atoms with E-state index in [1.165, 1.54) is 4.90 Å². The number of anilines is 1. The molecule has 1 aliphatic rings. The van der Waals surface area contributed by atoms with Crippen molar-refractivity contribution in [1.82, 2.24) is 9.88 Å². The van der Waals surface area contributed by atoms with Gasteiger partial charge in [0.05, 0.1) is 12.2 Å². The summed E-state index contributed by atoms with van der Waals surface area (Å²) in [5, 5.41) is 3.41. The van der Waals surface area contributed by atoms with E-state index in [1.807, 2.05) is 12.1 Å². The molecule has 3 amide bonds. The lowest BCUT2D eigenvalue weighted by Gasteiger charge is -2.28. The van der Waals surface area contributed by atoms with E-state index < -0.39 is 5.91 Å². The van der Waals surface area contributed by atoms with Gasteiger partial charge in [-0.3, -0.25) is 24.3 Å². The van der Waals surface area contributed by atoms with Gasteiger partial charge < -0.3 is 5.32 Å². The van der Waals surface area contributed by atoms with Crippen molar-refractivity contribution >= 4 is 46.7 Å². The number of benzene rings is 3. The average Bonchev–Trinajstić information content (AvgIpc) is 2.90. The molecule has 0 saturated carbocycles. The van der Waals surface area contributed by atoms with Gasteiger partial charge in [-0.25, -0.2) is 0 Å². The number of hydrogen-bond donors (Lipinski definition) is 1. The molecule has 4 aromatic rings. The van der Waals surface area contributed by atoms with E-state index in [0.29, 0.717) is 44.2 Å². The zero-order valence-electron chi connectivity index (χ0n) is 19.0. The molecule has 0 spiro atoms. The maximum atomic E-state index is 13.5. The summed E-state index contributed by atoms with van der Waals surface area (Å²) >= 11 is 5.91. The molecule has 0 fully saturated rings. The summed E-state index contributed by atoms with van der Waals surface area (Å²) in [4.78, 5) is 44.8. The largest absolute Gasteiger partial charge is 0.322 e. The highest BCUT2D eigenvalue weighted by Gasteiger charge is 2.34. The molecule has 0 saturated heterocycles. The number of halogens is 1. The second-order valence-corrected chi connectivity index (χ2v) is 8.64. The van der Waals surface area contributed by atoms with Crippen molar-refractivity contribution < 1.29 is 14.4 Å². The smallest absolute Gasteiger partial charge is 0.261 e. The first-order chi connectivity index (χ1) is 17.5. The molecule has 1 N–H and O–H groups in total. The van der Waals surface area contributed by atoms with Crippen LogP contribution < -0.4 is 5.32 Å². The van der Waals surface area contributed by atoms with Gasteiger partial charge in [0.2, 0.25) is 0 Å². The monoisotopic (exact) mass is 493 g/mol. The van der Waals surface area contributed by atoms with Gasteiger partial charge in [0.15, 0.2) is 0 Å². The van der Waals surface area contributed by atoms with E-state index in [2.05, 4.69) is 10.3 Å². The van der Waals surface area contributed by atoms with Crippen LogP contribution in [0.15, 0.2) is 97.2 Å². The highest BCUT2D eigenvalue weighted by molar-refractivity contribution is 6.33. The number of hydrogen-bond acceptors (Lipinski definition) is 4. The van der Waals surface area contributed by atoms with Gasteiger partial charge in [0, 0.05) is 33.6 Å². The Morgan fingerprint density at radius 3 is 2.36 bits per heavy atom. The Morgan fingerprint density at radius 2 is 1.61 bits per heavy atom. The predicted molar refractivity (Wildman–Crippen MR) is 139 cm³/mol. The standard InChI is InChI=1S/C29H20ClN3O3/c30-21-13-11-20(12-14-21)27(34)32-22-8-5-6-19(16-22)17-26-24-9-1-2-10-25(24)28(35)33(29(26)36)18-23-7-3-4-15-31-23/h1-17H,18H2,(H,32,34). The van der Waals surface area contributed by atoms with E-state index in [-0.39, 0.29) is 18.4 Å². The molecule has 0 aliphatic carbocycles. The molecule has 5 rings (SSSR count). The third-order valence-electron chi connectivity index (χ3n) is 5.78. The summed E-state index contributed by atoms with van der Waals surface area (Å²) in [7, 11) is 0. The molecule has 176 valence electrons. The van der Waals surface area contributed by atoms with Crippen molar-refractivity contribution in [1.29, 1.82) is 0 Å². The van der Waals surface area contributed by atoms with Crippen LogP contribution in [0, 0.1) is 0 Å². The van der Waals surface area contributed by atoms with Gasteiger partial charge in [0.1, 0.15) is 0 Å². The number of carbonyl (C=O) groups is 3. The highest BCUT2D eigenvalue weighted by Crippen LogP contribution is 2.31. The van der Waals surface area contributed by atoms with E-state index in [9.17, 15) is 14.4 Å². The minimum absolute atomic E-state index is 0.0708. The van der Waals surface area contributed by atoms with Crippen LogP contribution in [0.25, 0.3) is 11.6 Å².